The molecule has 1 saturated heterocycles. The fraction of sp³-hybridized carbons (Fsp3) is 0.276. The lowest BCUT2D eigenvalue weighted by atomic mass is 9.96. The Morgan fingerprint density at radius 1 is 1.03 bits per heavy atom. The molecule has 0 aliphatic carbocycles. The molecule has 1 aromatic carbocycles. The zero-order valence-electron chi connectivity index (χ0n) is 21.6. The van der Waals surface area contributed by atoms with Gasteiger partial charge in [0.25, 0.3) is 0 Å². The second-order valence-electron chi connectivity index (χ2n) is 9.22. The third-order valence-corrected chi connectivity index (χ3v) is 7.47. The number of nitrogens with zero attached hydrogens (tertiary/aromatic N) is 4. The molecule has 3 aromatic heterocycles. The molecule has 1 aliphatic heterocycles. The lowest BCUT2D eigenvalue weighted by Gasteiger charge is -2.28. The number of halogens is 1. The first-order chi connectivity index (χ1) is 18.5. The van der Waals surface area contributed by atoms with Crippen molar-refractivity contribution in [3.05, 3.63) is 106 Å². The quantitative estimate of drug-likeness (QED) is 0.210. The molecular weight excluding hydrogens is 518 g/mol. The van der Waals surface area contributed by atoms with Gasteiger partial charge < -0.3 is 24.3 Å². The van der Waals surface area contributed by atoms with E-state index in [-0.39, 0.29) is 12.1 Å². The number of thiocarbonyl (C=S) groups is 1. The summed E-state index contributed by atoms with van der Waals surface area (Å²) in [6, 6.07) is 17.8. The van der Waals surface area contributed by atoms with Crippen molar-refractivity contribution < 1.29 is 9.47 Å². The largest absolute Gasteiger partial charge is 0.490 e. The van der Waals surface area contributed by atoms with Crippen LogP contribution < -0.4 is 15.0 Å². The standard InChI is InChI=1S/C29H30ClN5O2S/c1-19-16-23(20(2)34(19)18-21-9-12-31-13-10-21)28-27(25-6-4-5-11-32-25)33-29(38)35(28)22-7-8-26(24(30)17-22)37-15-14-36-3/h4-13,16-17,27-28H,14-15,18H2,1-3H3,(H,33,38)/t27-,28-/m1/s1. The van der Waals surface area contributed by atoms with Crippen molar-refractivity contribution in [3.8, 4) is 5.75 Å². The number of aryl methyl sites for hydroxylation is 1. The molecule has 4 aromatic rings. The Kier molecular flexibility index (Phi) is 7.93. The van der Waals surface area contributed by atoms with Crippen molar-refractivity contribution >= 4 is 34.6 Å². The smallest absolute Gasteiger partial charge is 0.174 e. The van der Waals surface area contributed by atoms with E-state index in [0.717, 1.165) is 17.9 Å². The average molecular weight is 548 g/mol. The molecule has 0 saturated carbocycles. The Labute approximate surface area is 233 Å². The summed E-state index contributed by atoms with van der Waals surface area (Å²) < 4.78 is 13.2. The average Bonchev–Trinajstić information content (AvgIpc) is 3.41. The van der Waals surface area contributed by atoms with E-state index in [0.29, 0.717) is 29.1 Å². The molecule has 38 heavy (non-hydrogen) atoms. The highest BCUT2D eigenvalue weighted by Gasteiger charge is 2.42. The van der Waals surface area contributed by atoms with Gasteiger partial charge in [-0.05, 0) is 85.7 Å². The molecular formula is C29H30ClN5O2S. The topological polar surface area (TPSA) is 64.4 Å². The van der Waals surface area contributed by atoms with E-state index in [1.807, 2.05) is 67.1 Å². The fourth-order valence-electron chi connectivity index (χ4n) is 4.98. The Bertz CT molecular complexity index is 1410. The van der Waals surface area contributed by atoms with Crippen LogP contribution in [0.2, 0.25) is 5.02 Å². The third kappa shape index (κ3) is 5.25. The summed E-state index contributed by atoms with van der Waals surface area (Å²) in [6.07, 6.45) is 5.47. The molecule has 7 nitrogen and oxygen atoms in total. The van der Waals surface area contributed by atoms with Crippen LogP contribution in [0.25, 0.3) is 0 Å². The van der Waals surface area contributed by atoms with E-state index in [9.17, 15) is 0 Å². The summed E-state index contributed by atoms with van der Waals surface area (Å²) in [7, 11) is 1.64. The van der Waals surface area contributed by atoms with E-state index in [1.54, 1.807) is 7.11 Å². The van der Waals surface area contributed by atoms with Gasteiger partial charge in [0.15, 0.2) is 5.11 Å². The van der Waals surface area contributed by atoms with Crippen LogP contribution in [-0.2, 0) is 11.3 Å². The van der Waals surface area contributed by atoms with Crippen molar-refractivity contribution in [2.45, 2.75) is 32.5 Å². The summed E-state index contributed by atoms with van der Waals surface area (Å²) in [4.78, 5) is 11.0. The lowest BCUT2D eigenvalue weighted by Crippen LogP contribution is -2.29. The SMILES string of the molecule is COCCOc1ccc(N2C(=S)N[C@H](c3ccccn3)[C@H]2c2cc(C)n(Cc3ccncc3)c2C)cc1Cl. The molecule has 196 valence electrons. The zero-order valence-corrected chi connectivity index (χ0v) is 23.2. The number of nitrogens with one attached hydrogen (secondary N) is 1. The summed E-state index contributed by atoms with van der Waals surface area (Å²) >= 11 is 12.6. The van der Waals surface area contributed by atoms with Crippen molar-refractivity contribution in [1.29, 1.82) is 0 Å². The van der Waals surface area contributed by atoms with Crippen LogP contribution in [0, 0.1) is 13.8 Å². The summed E-state index contributed by atoms with van der Waals surface area (Å²) in [5, 5.41) is 4.67. The lowest BCUT2D eigenvalue weighted by molar-refractivity contribution is 0.146. The molecule has 1 fully saturated rings. The van der Waals surface area contributed by atoms with Crippen LogP contribution in [-0.4, -0.2) is 40.0 Å². The molecule has 0 radical (unpaired) electrons. The summed E-state index contributed by atoms with van der Waals surface area (Å²) in [5.74, 6) is 0.610. The predicted molar refractivity (Wildman–Crippen MR) is 154 cm³/mol. The first-order valence-electron chi connectivity index (χ1n) is 12.5. The van der Waals surface area contributed by atoms with Gasteiger partial charge in [-0.3, -0.25) is 9.97 Å². The Morgan fingerprint density at radius 2 is 1.84 bits per heavy atom. The van der Waals surface area contributed by atoms with Crippen LogP contribution in [0.1, 0.15) is 40.3 Å². The normalized spacial score (nSPS) is 17.1. The highest BCUT2D eigenvalue weighted by molar-refractivity contribution is 7.80. The van der Waals surface area contributed by atoms with Crippen molar-refractivity contribution in [3.63, 3.8) is 0 Å². The second kappa shape index (κ2) is 11.5. The van der Waals surface area contributed by atoms with E-state index in [1.165, 1.54) is 22.5 Å². The van der Waals surface area contributed by atoms with Crippen LogP contribution >= 0.6 is 23.8 Å². The van der Waals surface area contributed by atoms with Gasteiger partial charge in [-0.15, -0.1) is 0 Å². The molecule has 0 bridgehead atoms. The van der Waals surface area contributed by atoms with Crippen molar-refractivity contribution in [2.75, 3.05) is 25.2 Å². The first-order valence-corrected chi connectivity index (χ1v) is 13.2. The monoisotopic (exact) mass is 547 g/mol. The number of aromatic nitrogens is 3. The highest BCUT2D eigenvalue weighted by atomic mass is 35.5. The Balaban J connectivity index is 1.56. The van der Waals surface area contributed by atoms with Gasteiger partial charge >= 0.3 is 0 Å². The molecule has 5 rings (SSSR count). The molecule has 1 N–H and O–H groups in total. The van der Waals surface area contributed by atoms with Gasteiger partial charge in [0, 0.05) is 49.3 Å². The molecule has 2 atom stereocenters. The molecule has 9 heteroatoms. The van der Waals surface area contributed by atoms with Gasteiger partial charge in [-0.2, -0.15) is 0 Å². The minimum atomic E-state index is -0.144. The summed E-state index contributed by atoms with van der Waals surface area (Å²) in [6.45, 7) is 5.98. The number of pyridine rings is 2. The Hall–Kier alpha value is -3.46. The number of ether oxygens (including phenoxy) is 2. The predicted octanol–water partition coefficient (Wildman–Crippen LogP) is 5.80. The molecule has 0 spiro atoms. The molecule has 0 amide bonds. The van der Waals surface area contributed by atoms with E-state index in [2.05, 4.69) is 44.7 Å². The van der Waals surface area contributed by atoms with Gasteiger partial charge in [-0.25, -0.2) is 0 Å². The number of anilines is 1. The number of benzene rings is 1. The minimum Gasteiger partial charge on any atom is -0.490 e. The first kappa shape index (κ1) is 26.2. The highest BCUT2D eigenvalue weighted by Crippen LogP contribution is 2.44. The van der Waals surface area contributed by atoms with Gasteiger partial charge in [0.05, 0.1) is 29.4 Å². The fourth-order valence-corrected chi connectivity index (χ4v) is 5.56. The molecule has 0 unspecified atom stereocenters. The van der Waals surface area contributed by atoms with E-state index >= 15 is 0 Å². The molecule has 1 aliphatic rings. The summed E-state index contributed by atoms with van der Waals surface area (Å²) in [5.41, 5.74) is 6.53. The maximum Gasteiger partial charge on any atom is 0.174 e. The van der Waals surface area contributed by atoms with Crippen LogP contribution in [0.5, 0.6) is 5.75 Å². The molecule has 4 heterocycles. The van der Waals surface area contributed by atoms with Crippen LogP contribution in [0.15, 0.2) is 73.2 Å². The maximum absolute atomic E-state index is 6.65. The Morgan fingerprint density at radius 3 is 2.55 bits per heavy atom. The van der Waals surface area contributed by atoms with E-state index in [4.69, 9.17) is 33.3 Å². The second-order valence-corrected chi connectivity index (χ2v) is 10.0. The number of rotatable bonds is 9. The number of methoxy groups -OCH3 is 1. The van der Waals surface area contributed by atoms with Crippen molar-refractivity contribution in [2.24, 2.45) is 0 Å². The zero-order chi connectivity index (χ0) is 26.6. The third-order valence-electron chi connectivity index (χ3n) is 6.86. The van der Waals surface area contributed by atoms with Crippen LogP contribution in [0.4, 0.5) is 5.69 Å². The number of hydrogen-bond donors (Lipinski definition) is 1. The van der Waals surface area contributed by atoms with Crippen molar-refractivity contribution in [1.82, 2.24) is 19.9 Å². The number of hydrogen-bond acceptors (Lipinski definition) is 5. The van der Waals surface area contributed by atoms with Gasteiger partial charge in [0.2, 0.25) is 0 Å². The minimum absolute atomic E-state index is 0.133. The van der Waals surface area contributed by atoms with Gasteiger partial charge in [0.1, 0.15) is 12.4 Å². The van der Waals surface area contributed by atoms with Gasteiger partial charge in [-0.1, -0.05) is 17.7 Å². The van der Waals surface area contributed by atoms with E-state index < -0.39 is 0 Å². The van der Waals surface area contributed by atoms with Crippen LogP contribution in [0.3, 0.4) is 0 Å². The maximum atomic E-state index is 6.65.